The molecule has 0 spiro atoms. The number of nitrogens with zero attached hydrogens (tertiary/aromatic N) is 1. The number of aromatic hydroxyl groups is 1. The number of hydrogen-bond acceptors (Lipinski definition) is 4. The molecule has 0 aromatic heterocycles. The number of carbonyl (C=O) groups excluding carboxylic acids is 1. The highest BCUT2D eigenvalue weighted by atomic mass is 32.2. The van der Waals surface area contributed by atoms with E-state index in [1.165, 1.54) is 20.2 Å². The third kappa shape index (κ3) is 4.18. The fourth-order valence-electron chi connectivity index (χ4n) is 1.26. The van der Waals surface area contributed by atoms with Crippen LogP contribution in [0.2, 0.25) is 0 Å². The van der Waals surface area contributed by atoms with Crippen molar-refractivity contribution < 1.29 is 22.7 Å². The van der Waals surface area contributed by atoms with Crippen LogP contribution in [-0.4, -0.2) is 50.1 Å². The molecule has 0 aliphatic rings. The zero-order valence-corrected chi connectivity index (χ0v) is 11.4. The van der Waals surface area contributed by atoms with E-state index in [0.717, 1.165) is 16.4 Å². The van der Waals surface area contributed by atoms with Gasteiger partial charge in [-0.2, -0.15) is 0 Å². The maximum Gasteiger partial charge on any atom is 0.254 e. The molecule has 0 unspecified atom stereocenters. The van der Waals surface area contributed by atoms with Gasteiger partial charge < -0.3 is 10.4 Å². The predicted molar refractivity (Wildman–Crippen MR) is 67.9 cm³/mol. The smallest absolute Gasteiger partial charge is 0.254 e. The summed E-state index contributed by atoms with van der Waals surface area (Å²) in [4.78, 5) is 11.6. The summed E-state index contributed by atoms with van der Waals surface area (Å²) in [5.41, 5.74) is -0.250. The molecule has 0 radical (unpaired) electrons. The van der Waals surface area contributed by atoms with Gasteiger partial charge in [-0.1, -0.05) is 0 Å². The second kappa shape index (κ2) is 5.98. The number of phenols is 1. The van der Waals surface area contributed by atoms with Crippen molar-refractivity contribution in [2.75, 3.05) is 26.4 Å². The Kier molecular flexibility index (Phi) is 4.84. The van der Waals surface area contributed by atoms with Gasteiger partial charge in [-0.05, 0) is 12.1 Å². The van der Waals surface area contributed by atoms with E-state index in [4.69, 9.17) is 5.11 Å². The van der Waals surface area contributed by atoms with Crippen LogP contribution in [0.25, 0.3) is 0 Å². The first kappa shape index (κ1) is 15.4. The molecule has 0 saturated heterocycles. The number of nitrogens with one attached hydrogen (secondary N) is 1. The lowest BCUT2D eigenvalue weighted by Gasteiger charge is -2.11. The summed E-state index contributed by atoms with van der Waals surface area (Å²) in [5, 5.41) is 11.3. The van der Waals surface area contributed by atoms with Gasteiger partial charge in [-0.15, -0.1) is 0 Å². The number of hydrogen-bond donors (Lipinski definition) is 2. The Morgan fingerprint density at radius 2 is 2.05 bits per heavy atom. The van der Waals surface area contributed by atoms with Gasteiger partial charge >= 0.3 is 0 Å². The lowest BCUT2D eigenvalue weighted by atomic mass is 10.2. The highest BCUT2D eigenvalue weighted by Gasteiger charge is 2.16. The van der Waals surface area contributed by atoms with Crippen molar-refractivity contribution >= 4 is 15.9 Å². The Balaban J connectivity index is 2.62. The van der Waals surface area contributed by atoms with Crippen LogP contribution in [0.4, 0.5) is 4.39 Å². The van der Waals surface area contributed by atoms with Crippen LogP contribution in [0.5, 0.6) is 5.75 Å². The van der Waals surface area contributed by atoms with E-state index < -0.39 is 21.7 Å². The third-order valence-corrected chi connectivity index (χ3v) is 4.23. The van der Waals surface area contributed by atoms with Crippen LogP contribution in [0, 0.1) is 5.82 Å². The maximum absolute atomic E-state index is 13.3. The molecule has 0 aliphatic carbocycles. The Morgan fingerprint density at radius 1 is 1.42 bits per heavy atom. The van der Waals surface area contributed by atoms with Crippen molar-refractivity contribution in [2.24, 2.45) is 0 Å². The molecule has 1 aromatic rings. The van der Waals surface area contributed by atoms with Gasteiger partial charge in [-0.25, -0.2) is 17.1 Å². The van der Waals surface area contributed by atoms with E-state index in [0.29, 0.717) is 0 Å². The van der Waals surface area contributed by atoms with E-state index in [1.54, 1.807) is 0 Å². The molecule has 0 bridgehead atoms. The molecule has 2 N–H and O–H groups in total. The quantitative estimate of drug-likeness (QED) is 0.808. The van der Waals surface area contributed by atoms with E-state index in [9.17, 15) is 17.6 Å². The van der Waals surface area contributed by atoms with E-state index in [1.807, 2.05) is 0 Å². The number of sulfonamides is 1. The molecule has 0 heterocycles. The summed E-state index contributed by atoms with van der Waals surface area (Å²) in [6.45, 7) is -0.125. The molecule has 1 aromatic carbocycles. The zero-order chi connectivity index (χ0) is 14.6. The number of carbonyl (C=O) groups is 1. The Bertz CT molecular complexity index is 572. The first-order chi connectivity index (χ1) is 8.74. The predicted octanol–water partition coefficient (Wildman–Crippen LogP) is 0.153. The topological polar surface area (TPSA) is 86.7 Å². The van der Waals surface area contributed by atoms with Gasteiger partial charge in [0.25, 0.3) is 5.91 Å². The van der Waals surface area contributed by atoms with Gasteiger partial charge in [0.2, 0.25) is 10.0 Å². The lowest BCUT2D eigenvalue weighted by Crippen LogP contribution is -2.34. The molecule has 6 nitrogen and oxygen atoms in total. The van der Waals surface area contributed by atoms with Gasteiger partial charge in [0.15, 0.2) is 0 Å². The minimum Gasteiger partial charge on any atom is -0.508 e. The largest absolute Gasteiger partial charge is 0.508 e. The van der Waals surface area contributed by atoms with E-state index in [2.05, 4.69) is 5.32 Å². The molecule has 1 rings (SSSR count). The van der Waals surface area contributed by atoms with Crippen LogP contribution in [-0.2, 0) is 10.0 Å². The van der Waals surface area contributed by atoms with Gasteiger partial charge in [0.1, 0.15) is 11.6 Å². The highest BCUT2D eigenvalue weighted by molar-refractivity contribution is 7.89. The normalized spacial score (nSPS) is 11.6. The third-order valence-electron chi connectivity index (χ3n) is 2.40. The Labute approximate surface area is 110 Å². The van der Waals surface area contributed by atoms with Gasteiger partial charge in [-0.3, -0.25) is 4.79 Å². The Hall–Kier alpha value is -1.67. The molecule has 19 heavy (non-hydrogen) atoms. The first-order valence-corrected chi connectivity index (χ1v) is 7.02. The molecule has 106 valence electrons. The fraction of sp³-hybridized carbons (Fsp3) is 0.364. The SMILES string of the molecule is CN(C)S(=O)(=O)CCNC(=O)c1ccc(O)cc1F. The monoisotopic (exact) mass is 290 g/mol. The van der Waals surface area contributed by atoms with Crippen molar-refractivity contribution in [1.82, 2.24) is 9.62 Å². The highest BCUT2D eigenvalue weighted by Crippen LogP contribution is 2.14. The van der Waals surface area contributed by atoms with E-state index >= 15 is 0 Å². The number of phenolic OH excluding ortho intramolecular Hbond substituents is 1. The Morgan fingerprint density at radius 3 is 2.58 bits per heavy atom. The summed E-state index contributed by atoms with van der Waals surface area (Å²) in [5.74, 6) is -2.16. The van der Waals surface area contributed by atoms with Crippen molar-refractivity contribution in [3.8, 4) is 5.75 Å². The standard InChI is InChI=1S/C11H15FN2O4S/c1-14(2)19(17,18)6-5-13-11(16)9-4-3-8(15)7-10(9)12/h3-4,7,15H,5-6H2,1-2H3,(H,13,16). The van der Waals surface area contributed by atoms with Crippen LogP contribution in [0.15, 0.2) is 18.2 Å². The van der Waals surface area contributed by atoms with Crippen molar-refractivity contribution in [3.05, 3.63) is 29.6 Å². The second-order valence-corrected chi connectivity index (χ2v) is 6.32. The van der Waals surface area contributed by atoms with Crippen LogP contribution < -0.4 is 5.32 Å². The maximum atomic E-state index is 13.3. The molecule has 1 amide bonds. The molecule has 0 fully saturated rings. The van der Waals surface area contributed by atoms with Crippen LogP contribution in [0.1, 0.15) is 10.4 Å². The summed E-state index contributed by atoms with van der Waals surface area (Å²) in [7, 11) is -0.637. The average Bonchev–Trinajstić information content (AvgIpc) is 2.28. The van der Waals surface area contributed by atoms with Crippen molar-refractivity contribution in [1.29, 1.82) is 0 Å². The number of amides is 1. The number of benzene rings is 1. The van der Waals surface area contributed by atoms with Crippen LogP contribution in [0.3, 0.4) is 0 Å². The molecular weight excluding hydrogens is 275 g/mol. The minimum atomic E-state index is -3.41. The van der Waals surface area contributed by atoms with Gasteiger partial charge in [0.05, 0.1) is 11.3 Å². The molecule has 0 atom stereocenters. The average molecular weight is 290 g/mol. The zero-order valence-electron chi connectivity index (χ0n) is 10.6. The second-order valence-electron chi connectivity index (χ2n) is 4.02. The molecule has 0 aliphatic heterocycles. The fourth-order valence-corrected chi connectivity index (χ4v) is 1.98. The van der Waals surface area contributed by atoms with E-state index in [-0.39, 0.29) is 23.6 Å². The summed E-state index contributed by atoms with van der Waals surface area (Å²) < 4.78 is 37.2. The lowest BCUT2D eigenvalue weighted by molar-refractivity contribution is 0.0952. The number of rotatable bonds is 5. The van der Waals surface area contributed by atoms with Crippen molar-refractivity contribution in [2.45, 2.75) is 0 Å². The summed E-state index contributed by atoms with van der Waals surface area (Å²) in [6, 6.07) is 3.11. The van der Waals surface area contributed by atoms with Crippen molar-refractivity contribution in [3.63, 3.8) is 0 Å². The molecular formula is C11H15FN2O4S. The molecule has 0 saturated carbocycles. The molecule has 8 heteroatoms. The van der Waals surface area contributed by atoms with Crippen LogP contribution >= 0.6 is 0 Å². The summed E-state index contributed by atoms with van der Waals surface area (Å²) >= 11 is 0. The van der Waals surface area contributed by atoms with Gasteiger partial charge in [0, 0.05) is 26.7 Å². The summed E-state index contributed by atoms with van der Waals surface area (Å²) in [6.07, 6.45) is 0. The first-order valence-electron chi connectivity index (χ1n) is 5.41. The minimum absolute atomic E-state index is 0.125. The number of halogens is 1.